The van der Waals surface area contributed by atoms with Crippen molar-refractivity contribution in [3.63, 3.8) is 0 Å². The topological polar surface area (TPSA) is 29.5 Å². The molecule has 0 aromatic heterocycles. The molecule has 0 bridgehead atoms. The van der Waals surface area contributed by atoms with Crippen molar-refractivity contribution < 1.29 is 8.95 Å². The lowest BCUT2D eigenvalue weighted by Crippen LogP contribution is -2.40. The van der Waals surface area contributed by atoms with E-state index in [-0.39, 0.29) is 5.25 Å². The third-order valence-electron chi connectivity index (χ3n) is 1.63. The highest BCUT2D eigenvalue weighted by atomic mass is 32.2. The normalized spacial score (nSPS) is 23.9. The van der Waals surface area contributed by atoms with Crippen LogP contribution in [-0.2, 0) is 15.7 Å². The Kier molecular flexibility index (Phi) is 3.48. The van der Waals surface area contributed by atoms with Gasteiger partial charge in [-0.25, -0.2) is 8.51 Å². The maximum Gasteiger partial charge on any atom is 0.0970 e. The molecule has 1 fully saturated rings. The molecule has 1 rings (SSSR count). The van der Waals surface area contributed by atoms with Crippen molar-refractivity contribution in [1.82, 2.24) is 4.31 Å². The zero-order valence-corrected chi connectivity index (χ0v) is 7.89. The fourth-order valence-corrected chi connectivity index (χ4v) is 2.13. The molecule has 0 saturated carbocycles. The van der Waals surface area contributed by atoms with Crippen molar-refractivity contribution in [2.45, 2.75) is 19.1 Å². The van der Waals surface area contributed by atoms with Gasteiger partial charge in [-0.15, -0.1) is 0 Å². The average Bonchev–Trinajstić information content (AvgIpc) is 2.05. The van der Waals surface area contributed by atoms with E-state index in [1.807, 2.05) is 18.2 Å². The van der Waals surface area contributed by atoms with E-state index in [9.17, 15) is 4.21 Å². The second-order valence-electron chi connectivity index (χ2n) is 2.87. The second-order valence-corrected chi connectivity index (χ2v) is 4.88. The van der Waals surface area contributed by atoms with Gasteiger partial charge in [0.2, 0.25) is 0 Å². The van der Waals surface area contributed by atoms with Crippen LogP contribution in [0, 0.1) is 0 Å². The molecule has 4 heteroatoms. The molecule has 1 aliphatic rings. The molecule has 0 N–H and O–H groups in total. The molecule has 1 unspecified atom stereocenters. The van der Waals surface area contributed by atoms with Gasteiger partial charge in [-0.05, 0) is 13.8 Å². The summed E-state index contributed by atoms with van der Waals surface area (Å²) in [6.45, 7) is 7.02. The van der Waals surface area contributed by atoms with Crippen LogP contribution in [0.2, 0.25) is 0 Å². The van der Waals surface area contributed by atoms with Gasteiger partial charge in [-0.1, -0.05) is 0 Å². The molecule has 11 heavy (non-hydrogen) atoms. The molecule has 0 radical (unpaired) electrons. The van der Waals surface area contributed by atoms with E-state index < -0.39 is 11.0 Å². The van der Waals surface area contributed by atoms with E-state index in [0.29, 0.717) is 0 Å². The van der Waals surface area contributed by atoms with Crippen LogP contribution in [0.5, 0.6) is 0 Å². The van der Waals surface area contributed by atoms with Crippen molar-refractivity contribution in [1.29, 1.82) is 0 Å². The second kappa shape index (κ2) is 4.18. The minimum absolute atomic E-state index is 0.230. The van der Waals surface area contributed by atoms with Gasteiger partial charge < -0.3 is 4.74 Å². The molecule has 1 heterocycles. The average molecular weight is 177 g/mol. The quantitative estimate of drug-likeness (QED) is 0.610. The Labute approximate surface area is 70.3 Å². The Morgan fingerprint density at radius 2 is 1.91 bits per heavy atom. The van der Waals surface area contributed by atoms with Crippen molar-refractivity contribution >= 4 is 11.0 Å². The maximum atomic E-state index is 11.5. The van der Waals surface area contributed by atoms with Crippen molar-refractivity contribution in [3.8, 4) is 0 Å². The highest BCUT2D eigenvalue weighted by Gasteiger charge is 2.18. The first kappa shape index (κ1) is 9.16. The Hall–Kier alpha value is 0.0700. The van der Waals surface area contributed by atoms with E-state index in [0.717, 1.165) is 26.3 Å². The summed E-state index contributed by atoms with van der Waals surface area (Å²) in [6, 6.07) is 0. The molecule has 1 aliphatic heterocycles. The number of nitrogens with zero attached hydrogens (tertiary/aromatic N) is 1. The molecule has 1 saturated heterocycles. The van der Waals surface area contributed by atoms with E-state index in [1.165, 1.54) is 0 Å². The molecule has 66 valence electrons. The lowest BCUT2D eigenvalue weighted by molar-refractivity contribution is 0.0750. The molecule has 3 nitrogen and oxygen atoms in total. The third-order valence-corrected chi connectivity index (χ3v) is 3.31. The van der Waals surface area contributed by atoms with Crippen LogP contribution >= 0.6 is 0 Å². The van der Waals surface area contributed by atoms with Crippen LogP contribution < -0.4 is 0 Å². The largest absolute Gasteiger partial charge is 0.379 e. The van der Waals surface area contributed by atoms with E-state index in [4.69, 9.17) is 4.74 Å². The number of morpholine rings is 1. The predicted octanol–water partition coefficient (Wildman–Crippen LogP) is 0.391. The van der Waals surface area contributed by atoms with Gasteiger partial charge in [0.15, 0.2) is 0 Å². The number of ether oxygens (including phenoxy) is 1. The number of hydrogen-bond donors (Lipinski definition) is 0. The summed E-state index contributed by atoms with van der Waals surface area (Å²) in [7, 11) is -0.805. The predicted molar refractivity (Wildman–Crippen MR) is 45.7 cm³/mol. The molecule has 0 amide bonds. The Bertz CT molecular complexity index is 143. The van der Waals surface area contributed by atoms with Gasteiger partial charge in [-0.2, -0.15) is 0 Å². The van der Waals surface area contributed by atoms with Crippen LogP contribution in [0.3, 0.4) is 0 Å². The Morgan fingerprint density at radius 1 is 1.36 bits per heavy atom. The first-order valence-electron chi connectivity index (χ1n) is 3.95. The summed E-state index contributed by atoms with van der Waals surface area (Å²) >= 11 is 0. The fourth-order valence-electron chi connectivity index (χ4n) is 1.02. The standard InChI is InChI=1S/C7H15NO2S/c1-7(2)11(9)8-3-5-10-6-4-8/h7H,3-6H2,1-2H3. The monoisotopic (exact) mass is 177 g/mol. The van der Waals surface area contributed by atoms with Gasteiger partial charge in [0, 0.05) is 18.3 Å². The minimum Gasteiger partial charge on any atom is -0.379 e. The van der Waals surface area contributed by atoms with Crippen molar-refractivity contribution in [3.05, 3.63) is 0 Å². The minimum atomic E-state index is -0.805. The summed E-state index contributed by atoms with van der Waals surface area (Å²) in [5.41, 5.74) is 0. The third kappa shape index (κ3) is 2.54. The molecule has 0 aromatic rings. The highest BCUT2D eigenvalue weighted by molar-refractivity contribution is 7.83. The summed E-state index contributed by atoms with van der Waals surface area (Å²) in [5, 5.41) is 0.230. The van der Waals surface area contributed by atoms with Crippen LogP contribution in [0.4, 0.5) is 0 Å². The van der Waals surface area contributed by atoms with Gasteiger partial charge in [0.05, 0.1) is 24.2 Å². The first-order chi connectivity index (χ1) is 5.22. The van der Waals surface area contributed by atoms with Gasteiger partial charge >= 0.3 is 0 Å². The molecular formula is C7H15NO2S. The molecule has 0 spiro atoms. The van der Waals surface area contributed by atoms with E-state index in [1.54, 1.807) is 0 Å². The maximum absolute atomic E-state index is 11.5. The van der Waals surface area contributed by atoms with Crippen LogP contribution in [0.15, 0.2) is 0 Å². The zero-order valence-electron chi connectivity index (χ0n) is 7.08. The Balaban J connectivity index is 2.39. The SMILES string of the molecule is CC(C)S(=O)N1CCOCC1. The van der Waals surface area contributed by atoms with Crippen LogP contribution in [-0.4, -0.2) is 40.1 Å². The highest BCUT2D eigenvalue weighted by Crippen LogP contribution is 2.05. The summed E-state index contributed by atoms with van der Waals surface area (Å²) < 4.78 is 18.6. The van der Waals surface area contributed by atoms with Gasteiger partial charge in [0.25, 0.3) is 0 Å². The smallest absolute Gasteiger partial charge is 0.0970 e. The zero-order chi connectivity index (χ0) is 8.27. The lowest BCUT2D eigenvalue weighted by atomic mass is 10.5. The first-order valence-corrected chi connectivity index (χ1v) is 5.12. The fraction of sp³-hybridized carbons (Fsp3) is 1.00. The summed E-state index contributed by atoms with van der Waals surface area (Å²) in [6.07, 6.45) is 0. The van der Waals surface area contributed by atoms with E-state index in [2.05, 4.69) is 0 Å². The lowest BCUT2D eigenvalue weighted by Gasteiger charge is -2.26. The van der Waals surface area contributed by atoms with Gasteiger partial charge in [0.1, 0.15) is 0 Å². The van der Waals surface area contributed by atoms with Crippen molar-refractivity contribution in [2.75, 3.05) is 26.3 Å². The number of hydrogen-bond acceptors (Lipinski definition) is 2. The molecule has 1 atom stereocenters. The van der Waals surface area contributed by atoms with Gasteiger partial charge in [-0.3, -0.25) is 0 Å². The van der Waals surface area contributed by atoms with Crippen molar-refractivity contribution in [2.24, 2.45) is 0 Å². The van der Waals surface area contributed by atoms with Crippen LogP contribution in [0.1, 0.15) is 13.8 Å². The van der Waals surface area contributed by atoms with E-state index >= 15 is 0 Å². The summed E-state index contributed by atoms with van der Waals surface area (Å²) in [5.74, 6) is 0. The number of rotatable bonds is 2. The summed E-state index contributed by atoms with van der Waals surface area (Å²) in [4.78, 5) is 0. The molecular weight excluding hydrogens is 162 g/mol. The van der Waals surface area contributed by atoms with Crippen LogP contribution in [0.25, 0.3) is 0 Å². The molecule has 0 aliphatic carbocycles. The Morgan fingerprint density at radius 3 is 2.36 bits per heavy atom. The molecule has 0 aromatic carbocycles.